The average Bonchev–Trinajstić information content (AvgIpc) is 2.60. The molecule has 0 saturated carbocycles. The summed E-state index contributed by atoms with van der Waals surface area (Å²) in [7, 11) is 0. The summed E-state index contributed by atoms with van der Waals surface area (Å²) in [6, 6.07) is 9.96. The van der Waals surface area contributed by atoms with Crippen molar-refractivity contribution in [3.8, 4) is 11.5 Å². The van der Waals surface area contributed by atoms with Crippen LogP contribution >= 0.6 is 11.6 Å². The summed E-state index contributed by atoms with van der Waals surface area (Å²) in [4.78, 5) is 24.7. The highest BCUT2D eigenvalue weighted by molar-refractivity contribution is 6.34. The number of hydrogen-bond donors (Lipinski definition) is 1. The van der Waals surface area contributed by atoms with E-state index in [0.29, 0.717) is 53.0 Å². The summed E-state index contributed by atoms with van der Waals surface area (Å²) in [6.45, 7) is 2.61. The van der Waals surface area contributed by atoms with E-state index in [1.165, 1.54) is 0 Å². The predicted molar refractivity (Wildman–Crippen MR) is 91.5 cm³/mol. The molecule has 1 amide bonds. The Kier molecular flexibility index (Phi) is 4.71. The van der Waals surface area contributed by atoms with Gasteiger partial charge < -0.3 is 14.8 Å². The van der Waals surface area contributed by atoms with Crippen LogP contribution in [0.4, 0.5) is 5.69 Å². The molecule has 0 fully saturated rings. The lowest BCUT2D eigenvalue weighted by atomic mass is 10.0. The van der Waals surface area contributed by atoms with Crippen molar-refractivity contribution in [2.75, 3.05) is 18.5 Å². The number of carbonyl (C=O) groups excluding carboxylic acids is 2. The number of benzene rings is 2. The first kappa shape index (κ1) is 16.3. The molecule has 0 aromatic heterocycles. The highest BCUT2D eigenvalue weighted by atomic mass is 35.5. The molecule has 0 saturated heterocycles. The van der Waals surface area contributed by atoms with Crippen LogP contribution in [0.5, 0.6) is 11.5 Å². The number of nitrogens with one attached hydrogen (secondary N) is 1. The van der Waals surface area contributed by atoms with E-state index >= 15 is 0 Å². The van der Waals surface area contributed by atoms with Crippen molar-refractivity contribution in [1.82, 2.24) is 0 Å². The lowest BCUT2D eigenvalue weighted by Crippen LogP contribution is -2.19. The normalized spacial score (nSPS) is 12.6. The predicted octanol–water partition coefficient (Wildman–Crippen LogP) is 3.96. The number of carbonyl (C=O) groups is 2. The van der Waals surface area contributed by atoms with Gasteiger partial charge >= 0.3 is 0 Å². The summed E-state index contributed by atoms with van der Waals surface area (Å²) in [5.74, 6) is 0.529. The maximum atomic E-state index is 12.5. The fourth-order valence-corrected chi connectivity index (χ4v) is 2.67. The number of fused-ring (bicyclic) bond motifs is 1. The van der Waals surface area contributed by atoms with Gasteiger partial charge in [-0.2, -0.15) is 0 Å². The van der Waals surface area contributed by atoms with Crippen molar-refractivity contribution in [3.05, 3.63) is 52.5 Å². The van der Waals surface area contributed by atoms with Gasteiger partial charge in [0.15, 0.2) is 17.3 Å². The van der Waals surface area contributed by atoms with E-state index in [1.807, 2.05) is 0 Å². The molecule has 0 atom stereocenters. The fourth-order valence-electron chi connectivity index (χ4n) is 2.45. The van der Waals surface area contributed by atoms with Gasteiger partial charge in [-0.15, -0.1) is 0 Å². The number of anilines is 1. The summed E-state index contributed by atoms with van der Waals surface area (Å²) in [6.07, 6.45) is 0.314. The second-order valence-electron chi connectivity index (χ2n) is 5.25. The third-order valence-electron chi connectivity index (χ3n) is 3.67. The lowest BCUT2D eigenvalue weighted by Gasteiger charge is -2.21. The quantitative estimate of drug-likeness (QED) is 0.852. The monoisotopic (exact) mass is 345 g/mol. The Labute approximate surface area is 144 Å². The van der Waals surface area contributed by atoms with Crippen LogP contribution in [0.2, 0.25) is 5.02 Å². The van der Waals surface area contributed by atoms with Crippen molar-refractivity contribution < 1.29 is 19.1 Å². The third-order valence-corrected chi connectivity index (χ3v) is 4.00. The maximum Gasteiger partial charge on any atom is 0.257 e. The minimum absolute atomic E-state index is 0.0959. The first-order valence-corrected chi connectivity index (χ1v) is 8.00. The van der Waals surface area contributed by atoms with Gasteiger partial charge in [0, 0.05) is 18.1 Å². The molecule has 0 spiro atoms. The molecule has 0 unspecified atom stereocenters. The molecule has 6 heteroatoms. The number of amides is 1. The van der Waals surface area contributed by atoms with Gasteiger partial charge in [0.1, 0.15) is 13.2 Å². The van der Waals surface area contributed by atoms with Crippen LogP contribution in [0.25, 0.3) is 0 Å². The van der Waals surface area contributed by atoms with Crippen LogP contribution in [-0.2, 0) is 0 Å². The highest BCUT2D eigenvalue weighted by Gasteiger charge is 2.21. The fraction of sp³-hybridized carbons (Fsp3) is 0.222. The minimum atomic E-state index is -0.387. The van der Waals surface area contributed by atoms with Gasteiger partial charge in [-0.25, -0.2) is 0 Å². The first-order chi connectivity index (χ1) is 11.6. The Bertz CT molecular complexity index is 804. The van der Waals surface area contributed by atoms with Crippen LogP contribution in [-0.4, -0.2) is 24.9 Å². The zero-order valence-electron chi connectivity index (χ0n) is 13.1. The van der Waals surface area contributed by atoms with E-state index in [0.717, 1.165) is 0 Å². The van der Waals surface area contributed by atoms with E-state index in [-0.39, 0.29) is 11.7 Å². The zero-order valence-corrected chi connectivity index (χ0v) is 13.9. The summed E-state index contributed by atoms with van der Waals surface area (Å²) in [5.41, 5.74) is 1.11. The maximum absolute atomic E-state index is 12.5. The molecule has 24 heavy (non-hydrogen) atoms. The molecular formula is C18H16ClNO4. The van der Waals surface area contributed by atoms with Crippen LogP contribution in [0.15, 0.2) is 36.4 Å². The molecule has 5 nitrogen and oxygen atoms in total. The molecule has 2 aromatic carbocycles. The topological polar surface area (TPSA) is 64.6 Å². The largest absolute Gasteiger partial charge is 0.486 e. The molecule has 0 radical (unpaired) electrons. The third kappa shape index (κ3) is 3.21. The van der Waals surface area contributed by atoms with Crippen molar-refractivity contribution >= 4 is 29.0 Å². The molecule has 1 N–H and O–H groups in total. The van der Waals surface area contributed by atoms with Gasteiger partial charge in [0.05, 0.1) is 16.3 Å². The summed E-state index contributed by atoms with van der Waals surface area (Å²) in [5, 5.41) is 3.10. The molecule has 2 aromatic rings. The van der Waals surface area contributed by atoms with Crippen LogP contribution in [0, 0.1) is 0 Å². The summed E-state index contributed by atoms with van der Waals surface area (Å²) < 4.78 is 11.0. The van der Waals surface area contributed by atoms with Crippen molar-refractivity contribution in [2.24, 2.45) is 0 Å². The Balaban J connectivity index is 1.98. The van der Waals surface area contributed by atoms with Gasteiger partial charge in [-0.1, -0.05) is 30.7 Å². The van der Waals surface area contributed by atoms with Crippen molar-refractivity contribution in [1.29, 1.82) is 0 Å². The van der Waals surface area contributed by atoms with Gasteiger partial charge in [0.2, 0.25) is 0 Å². The molecule has 1 heterocycles. The Morgan fingerprint density at radius 1 is 1.08 bits per heavy atom. The Hall–Kier alpha value is -2.53. The van der Waals surface area contributed by atoms with E-state index in [1.54, 1.807) is 43.3 Å². The second-order valence-corrected chi connectivity index (χ2v) is 5.66. The van der Waals surface area contributed by atoms with Crippen molar-refractivity contribution in [3.63, 3.8) is 0 Å². The number of ketones is 1. The molecule has 3 rings (SSSR count). The number of rotatable bonds is 4. The second kappa shape index (κ2) is 6.93. The standard InChI is InChI=1S/C18H16ClNO4/c1-2-15(21)12-9-16-17(24-8-7-23-16)10-14(12)20-18(22)11-5-3-4-6-13(11)19/h3-6,9-10H,2,7-8H2,1H3,(H,20,22). The van der Waals surface area contributed by atoms with E-state index < -0.39 is 0 Å². The van der Waals surface area contributed by atoms with Gasteiger partial charge in [-0.3, -0.25) is 9.59 Å². The molecule has 124 valence electrons. The van der Waals surface area contributed by atoms with Gasteiger partial charge in [0.25, 0.3) is 5.91 Å². The number of ether oxygens (including phenoxy) is 2. The summed E-state index contributed by atoms with van der Waals surface area (Å²) >= 11 is 6.06. The number of Topliss-reactive ketones (excluding diaryl/α,β-unsaturated/α-hetero) is 1. The Morgan fingerprint density at radius 3 is 2.42 bits per heavy atom. The molecule has 0 bridgehead atoms. The number of hydrogen-bond acceptors (Lipinski definition) is 4. The van der Waals surface area contributed by atoms with E-state index in [2.05, 4.69) is 5.32 Å². The van der Waals surface area contributed by atoms with Gasteiger partial charge in [-0.05, 0) is 18.2 Å². The van der Waals surface area contributed by atoms with Crippen LogP contribution in [0.1, 0.15) is 34.1 Å². The Morgan fingerprint density at radius 2 is 1.75 bits per heavy atom. The SMILES string of the molecule is CCC(=O)c1cc2c(cc1NC(=O)c1ccccc1Cl)OCCO2. The molecule has 1 aliphatic rings. The zero-order chi connectivity index (χ0) is 17.1. The molecular weight excluding hydrogens is 330 g/mol. The smallest absolute Gasteiger partial charge is 0.257 e. The number of halogens is 1. The highest BCUT2D eigenvalue weighted by Crippen LogP contribution is 2.36. The first-order valence-electron chi connectivity index (χ1n) is 7.63. The average molecular weight is 346 g/mol. The van der Waals surface area contributed by atoms with E-state index in [4.69, 9.17) is 21.1 Å². The molecule has 1 aliphatic heterocycles. The van der Waals surface area contributed by atoms with E-state index in [9.17, 15) is 9.59 Å². The van der Waals surface area contributed by atoms with Crippen molar-refractivity contribution in [2.45, 2.75) is 13.3 Å². The minimum Gasteiger partial charge on any atom is -0.486 e. The molecule has 0 aliphatic carbocycles. The van der Waals surface area contributed by atoms with Crippen LogP contribution in [0.3, 0.4) is 0 Å². The lowest BCUT2D eigenvalue weighted by molar-refractivity contribution is 0.0988. The van der Waals surface area contributed by atoms with Crippen LogP contribution < -0.4 is 14.8 Å².